The van der Waals surface area contributed by atoms with E-state index in [1.165, 1.54) is 6.20 Å². The van der Waals surface area contributed by atoms with Crippen LogP contribution in [0.5, 0.6) is 5.75 Å². The third kappa shape index (κ3) is 5.37. The Hall–Kier alpha value is -3.81. The highest BCUT2D eigenvalue weighted by atomic mass is 32.2. The summed E-state index contributed by atoms with van der Waals surface area (Å²) in [5.41, 5.74) is -1.09. The maximum Gasteiger partial charge on any atom is 0.274 e. The Morgan fingerprint density at radius 1 is 1.16 bits per heavy atom. The van der Waals surface area contributed by atoms with Crippen LogP contribution in [0.1, 0.15) is 57.8 Å². The third-order valence-corrected chi connectivity index (χ3v) is 9.87. The molecule has 0 unspecified atom stereocenters. The molecule has 6 rings (SSSR count). The van der Waals surface area contributed by atoms with Gasteiger partial charge in [-0.2, -0.15) is 0 Å². The smallest absolute Gasteiger partial charge is 0.274 e. The summed E-state index contributed by atoms with van der Waals surface area (Å²) in [6.07, 6.45) is 2.01. The lowest BCUT2D eigenvalue weighted by Gasteiger charge is -2.42. The van der Waals surface area contributed by atoms with Crippen molar-refractivity contribution < 1.29 is 37.0 Å². The van der Waals surface area contributed by atoms with Gasteiger partial charge in [-0.15, -0.1) is 11.8 Å². The monoisotopic (exact) mass is 629 g/mol. The summed E-state index contributed by atoms with van der Waals surface area (Å²) in [5, 5.41) is 2.37. The number of methoxy groups -OCH3 is 1. The highest BCUT2D eigenvalue weighted by Crippen LogP contribution is 2.52. The van der Waals surface area contributed by atoms with Gasteiger partial charge in [0.25, 0.3) is 11.8 Å². The van der Waals surface area contributed by atoms with Crippen LogP contribution >= 0.6 is 11.8 Å². The predicted molar refractivity (Wildman–Crippen MR) is 155 cm³/mol. The highest BCUT2D eigenvalue weighted by Gasteiger charge is 2.54. The minimum Gasteiger partial charge on any atom is -0.483 e. The minimum absolute atomic E-state index is 0.00690. The Kier molecular flexibility index (Phi) is 8.20. The molecular formula is C31H30F3N3O6S. The van der Waals surface area contributed by atoms with Gasteiger partial charge in [0.1, 0.15) is 34.6 Å². The van der Waals surface area contributed by atoms with Crippen molar-refractivity contribution in [1.82, 2.24) is 14.8 Å². The second-order valence-electron chi connectivity index (χ2n) is 11.0. The number of carbonyl (C=O) groups excluding carboxylic acids is 2. The first-order valence-corrected chi connectivity index (χ1v) is 15.1. The predicted octanol–water partition coefficient (Wildman–Crippen LogP) is 4.39. The zero-order chi connectivity index (χ0) is 31.2. The van der Waals surface area contributed by atoms with E-state index in [4.69, 9.17) is 14.2 Å². The molecule has 1 aromatic heterocycles. The SMILES string of the molecule is CO[C@@H]1CS[C@]2(CC[C@H](C)N3C[C@H]2n2cc(C(=O)NCc4c(F)cc(F)cc4F)c(=O)c(OCc4ccccc4)c2C3=O)O1. The van der Waals surface area contributed by atoms with Gasteiger partial charge in [-0.3, -0.25) is 14.4 Å². The van der Waals surface area contributed by atoms with Gasteiger partial charge in [0.15, 0.2) is 17.7 Å². The van der Waals surface area contributed by atoms with Gasteiger partial charge in [-0.05, 0) is 25.3 Å². The first-order chi connectivity index (χ1) is 21.1. The molecule has 2 bridgehead atoms. The summed E-state index contributed by atoms with van der Waals surface area (Å²) in [6, 6.07) is 9.34. The van der Waals surface area contributed by atoms with Crippen LogP contribution in [0.15, 0.2) is 53.5 Å². The van der Waals surface area contributed by atoms with E-state index in [0.717, 1.165) is 5.56 Å². The zero-order valence-electron chi connectivity index (χ0n) is 24.0. The third-order valence-electron chi connectivity index (χ3n) is 8.37. The van der Waals surface area contributed by atoms with E-state index in [9.17, 15) is 27.6 Å². The molecule has 3 aromatic rings. The van der Waals surface area contributed by atoms with E-state index in [0.29, 0.717) is 30.7 Å². The highest BCUT2D eigenvalue weighted by molar-refractivity contribution is 8.00. The lowest BCUT2D eigenvalue weighted by molar-refractivity contribution is -0.155. The van der Waals surface area contributed by atoms with Gasteiger partial charge in [0.05, 0.1) is 6.04 Å². The molecule has 2 saturated heterocycles. The standard InChI is InChI=1S/C31H30F3N3O6S/c1-17-8-9-31(43-25(41-2)16-44-31)24-14-36(17)30(40)26-28(42-15-18-6-4-3-5-7-18)27(38)21(13-37(24)26)29(39)35-12-20-22(33)10-19(32)11-23(20)34/h3-7,10-11,13,17,24-25H,8-9,12,14-16H2,1-2H3,(H,35,39)/t17-,24+,25-,31-/m0/s1. The summed E-state index contributed by atoms with van der Waals surface area (Å²) in [6.45, 7) is 1.49. The van der Waals surface area contributed by atoms with Crippen LogP contribution in [0.3, 0.4) is 0 Å². The summed E-state index contributed by atoms with van der Waals surface area (Å²) in [4.78, 5) is 42.2. The fraction of sp³-hybridized carbons (Fsp3) is 0.387. The molecule has 4 atom stereocenters. The number of nitrogens with one attached hydrogen (secondary N) is 1. The second-order valence-corrected chi connectivity index (χ2v) is 12.3. The van der Waals surface area contributed by atoms with Crippen molar-refractivity contribution in [2.45, 2.75) is 56.2 Å². The van der Waals surface area contributed by atoms with Crippen molar-refractivity contribution in [3.63, 3.8) is 0 Å². The number of aromatic nitrogens is 1. The summed E-state index contributed by atoms with van der Waals surface area (Å²) >= 11 is 1.55. The molecule has 4 heterocycles. The number of hydrogen-bond acceptors (Lipinski definition) is 7. The summed E-state index contributed by atoms with van der Waals surface area (Å²) < 4.78 is 61.5. The van der Waals surface area contributed by atoms with Crippen LogP contribution in [-0.2, 0) is 22.6 Å². The normalized spacial score (nSPS) is 24.2. The van der Waals surface area contributed by atoms with Crippen LogP contribution in [0, 0.1) is 17.5 Å². The topological polar surface area (TPSA) is 99.1 Å². The lowest BCUT2D eigenvalue weighted by Crippen LogP contribution is -2.52. The quantitative estimate of drug-likeness (QED) is 0.414. The fourth-order valence-corrected chi connectivity index (χ4v) is 7.41. The molecule has 13 heteroatoms. The van der Waals surface area contributed by atoms with Crippen molar-refractivity contribution in [2.24, 2.45) is 0 Å². The van der Waals surface area contributed by atoms with E-state index in [1.54, 1.807) is 52.6 Å². The number of hydrogen-bond donors (Lipinski definition) is 1. The summed E-state index contributed by atoms with van der Waals surface area (Å²) in [5.74, 6) is -4.59. The van der Waals surface area contributed by atoms with Crippen LogP contribution < -0.4 is 15.5 Å². The number of benzene rings is 2. The lowest BCUT2D eigenvalue weighted by atomic mass is 10.0. The number of rotatable bonds is 7. The second kappa shape index (κ2) is 11.9. The van der Waals surface area contributed by atoms with Crippen LogP contribution in [-0.4, -0.2) is 58.0 Å². The molecule has 2 fully saturated rings. The van der Waals surface area contributed by atoms with E-state index in [1.807, 2.05) is 13.0 Å². The van der Waals surface area contributed by atoms with Crippen LogP contribution in [0.2, 0.25) is 0 Å². The average Bonchev–Trinajstić information content (AvgIpc) is 3.38. The summed E-state index contributed by atoms with van der Waals surface area (Å²) in [7, 11) is 1.55. The van der Waals surface area contributed by atoms with Crippen molar-refractivity contribution in [3.8, 4) is 5.75 Å². The van der Waals surface area contributed by atoms with E-state index in [2.05, 4.69) is 5.32 Å². The Morgan fingerprint density at radius 3 is 2.57 bits per heavy atom. The Labute approximate surface area is 255 Å². The number of ether oxygens (including phenoxy) is 3. The first kappa shape index (κ1) is 30.2. The van der Waals surface area contributed by atoms with Crippen molar-refractivity contribution in [2.75, 3.05) is 19.4 Å². The van der Waals surface area contributed by atoms with Crippen LogP contribution in [0.25, 0.3) is 0 Å². The average molecular weight is 630 g/mol. The molecule has 2 aromatic carbocycles. The van der Waals surface area contributed by atoms with Gasteiger partial charge < -0.3 is 29.0 Å². The van der Waals surface area contributed by atoms with Crippen LogP contribution in [0.4, 0.5) is 13.2 Å². The molecule has 44 heavy (non-hydrogen) atoms. The molecule has 0 saturated carbocycles. The molecule has 0 radical (unpaired) electrons. The maximum absolute atomic E-state index is 14.3. The number of carbonyl (C=O) groups is 2. The molecule has 1 spiro atoms. The molecule has 9 nitrogen and oxygen atoms in total. The van der Waals surface area contributed by atoms with Gasteiger partial charge >= 0.3 is 0 Å². The Bertz CT molecular complexity index is 1650. The first-order valence-electron chi connectivity index (χ1n) is 14.1. The Balaban J connectivity index is 1.45. The van der Waals surface area contributed by atoms with Crippen molar-refractivity contribution in [3.05, 3.63) is 98.7 Å². The zero-order valence-corrected chi connectivity index (χ0v) is 24.8. The number of halogens is 3. The number of amides is 2. The molecular weight excluding hydrogens is 599 g/mol. The number of fused-ring (bicyclic) bond motifs is 5. The maximum atomic E-state index is 14.3. The molecule has 3 aliphatic heterocycles. The van der Waals surface area contributed by atoms with Crippen molar-refractivity contribution in [1.29, 1.82) is 0 Å². The molecule has 0 aliphatic carbocycles. The molecule has 232 valence electrons. The number of nitrogens with zero attached hydrogens (tertiary/aromatic N) is 2. The molecule has 3 aliphatic rings. The van der Waals surface area contributed by atoms with Gasteiger partial charge in [-0.1, -0.05) is 30.3 Å². The number of thioether (sulfide) groups is 1. The fourth-order valence-electron chi connectivity index (χ4n) is 5.97. The largest absolute Gasteiger partial charge is 0.483 e. The van der Waals surface area contributed by atoms with Gasteiger partial charge in [-0.25, -0.2) is 13.2 Å². The van der Waals surface area contributed by atoms with E-state index in [-0.39, 0.29) is 36.2 Å². The van der Waals surface area contributed by atoms with Gasteiger partial charge in [0, 0.05) is 55.9 Å². The number of pyridine rings is 1. The van der Waals surface area contributed by atoms with Crippen molar-refractivity contribution >= 4 is 23.6 Å². The molecule has 1 N–H and O–H groups in total. The minimum atomic E-state index is -1.18. The van der Waals surface area contributed by atoms with E-state index >= 15 is 0 Å². The van der Waals surface area contributed by atoms with E-state index < -0.39 is 64.1 Å². The molecule has 2 amide bonds. The Morgan fingerprint density at radius 2 is 1.89 bits per heavy atom. The van der Waals surface area contributed by atoms with Gasteiger partial charge in [0.2, 0.25) is 5.43 Å².